The Bertz CT molecular complexity index is 123. The highest BCUT2D eigenvalue weighted by Crippen LogP contribution is 1.67. The van der Waals surface area contributed by atoms with Gasteiger partial charge >= 0.3 is 0 Å². The topological polar surface area (TPSA) is 129 Å². The third kappa shape index (κ3) is 25.7. The van der Waals surface area contributed by atoms with E-state index in [4.69, 9.17) is 21.7 Å². The molecule has 0 fully saturated rings. The van der Waals surface area contributed by atoms with Gasteiger partial charge < -0.3 is 32.3 Å². The summed E-state index contributed by atoms with van der Waals surface area (Å²) in [5.74, 6) is 0. The van der Waals surface area contributed by atoms with Crippen LogP contribution in [0.3, 0.4) is 0 Å². The lowest BCUT2D eigenvalue weighted by molar-refractivity contribution is 0.157. The lowest BCUT2D eigenvalue weighted by atomic mass is 10.5. The van der Waals surface area contributed by atoms with Crippen molar-refractivity contribution < 1.29 is 10.2 Å². The molecule has 0 bridgehead atoms. The van der Waals surface area contributed by atoms with Gasteiger partial charge in [0, 0.05) is 45.8 Å². The van der Waals surface area contributed by atoms with Gasteiger partial charge in [-0.2, -0.15) is 0 Å². The van der Waals surface area contributed by atoms with Crippen molar-refractivity contribution in [2.45, 2.75) is 13.2 Å². The summed E-state index contributed by atoms with van der Waals surface area (Å²) in [6.07, 6.45) is -0.417. The van der Waals surface area contributed by atoms with Crippen LogP contribution in [0, 0.1) is 0 Å². The first-order valence-corrected chi connectivity index (χ1v) is 6.02. The molecular weight excluding hydrogens is 222 g/mol. The van der Waals surface area contributed by atoms with Gasteiger partial charge in [0.1, 0.15) is 6.23 Å². The number of hydrogen-bond acceptors (Lipinski definition) is 7. The van der Waals surface area contributed by atoms with Gasteiger partial charge in [-0.05, 0) is 6.92 Å². The van der Waals surface area contributed by atoms with Crippen LogP contribution in [0.25, 0.3) is 0 Å². The van der Waals surface area contributed by atoms with Gasteiger partial charge in [0.25, 0.3) is 0 Å². The molecule has 17 heavy (non-hydrogen) atoms. The standard InChI is InChI=1S/C6H17N3O.C4H12N2O/c1-6(10)9-5-4-8-3-2-7;5-1-2-6-3-4-7/h6,8-10H,2-5,7H2,1H3;6-7H,1-5H2. The summed E-state index contributed by atoms with van der Waals surface area (Å²) in [6.45, 7) is 7.09. The minimum atomic E-state index is -0.417. The van der Waals surface area contributed by atoms with Gasteiger partial charge in [-0.1, -0.05) is 0 Å². The molecule has 106 valence electrons. The highest BCUT2D eigenvalue weighted by molar-refractivity contribution is 4.51. The average molecular weight is 251 g/mol. The summed E-state index contributed by atoms with van der Waals surface area (Å²) >= 11 is 0. The molecule has 9 N–H and O–H groups in total. The molecule has 0 amide bonds. The number of nitrogens with one attached hydrogen (secondary N) is 3. The fraction of sp³-hybridized carbons (Fsp3) is 1.00. The van der Waals surface area contributed by atoms with Crippen LogP contribution in [-0.2, 0) is 0 Å². The van der Waals surface area contributed by atoms with Gasteiger partial charge in [-0.25, -0.2) is 0 Å². The summed E-state index contributed by atoms with van der Waals surface area (Å²) in [7, 11) is 0. The summed E-state index contributed by atoms with van der Waals surface area (Å²) in [4.78, 5) is 0. The molecule has 0 aromatic rings. The molecule has 0 saturated carbocycles. The predicted molar refractivity (Wildman–Crippen MR) is 70.6 cm³/mol. The first kappa shape index (κ1) is 19.1. The Morgan fingerprint density at radius 3 is 1.88 bits per heavy atom. The number of hydrogen-bond donors (Lipinski definition) is 7. The summed E-state index contributed by atoms with van der Waals surface area (Å²) in [5, 5.41) is 25.8. The smallest absolute Gasteiger partial charge is 0.102 e. The normalized spacial score (nSPS) is 11.8. The van der Waals surface area contributed by atoms with Gasteiger partial charge in [-0.15, -0.1) is 0 Å². The van der Waals surface area contributed by atoms with Gasteiger partial charge in [0.2, 0.25) is 0 Å². The molecule has 0 aromatic carbocycles. The van der Waals surface area contributed by atoms with Crippen LogP contribution in [0.2, 0.25) is 0 Å². The maximum atomic E-state index is 8.75. The zero-order chi connectivity index (χ0) is 13.4. The lowest BCUT2D eigenvalue weighted by Gasteiger charge is -2.06. The van der Waals surface area contributed by atoms with E-state index in [1.165, 1.54) is 0 Å². The molecule has 0 aliphatic rings. The highest BCUT2D eigenvalue weighted by atomic mass is 16.3. The van der Waals surface area contributed by atoms with E-state index in [0.717, 1.165) is 26.2 Å². The third-order valence-corrected chi connectivity index (χ3v) is 1.67. The molecule has 0 rings (SSSR count). The highest BCUT2D eigenvalue weighted by Gasteiger charge is 1.90. The fourth-order valence-electron chi connectivity index (χ4n) is 0.903. The lowest BCUT2D eigenvalue weighted by Crippen LogP contribution is -2.34. The van der Waals surface area contributed by atoms with Gasteiger partial charge in [0.05, 0.1) is 6.61 Å². The summed E-state index contributed by atoms with van der Waals surface area (Å²) in [5.41, 5.74) is 10.4. The quantitative estimate of drug-likeness (QED) is 0.163. The molecule has 0 radical (unpaired) electrons. The molecular formula is C10H29N5O2. The maximum absolute atomic E-state index is 8.75. The van der Waals surface area contributed by atoms with Crippen LogP contribution in [0.5, 0.6) is 0 Å². The molecule has 1 atom stereocenters. The minimum Gasteiger partial charge on any atom is -0.395 e. The van der Waals surface area contributed by atoms with E-state index in [1.807, 2.05) is 0 Å². The first-order valence-electron chi connectivity index (χ1n) is 6.02. The van der Waals surface area contributed by atoms with Crippen LogP contribution in [0.4, 0.5) is 0 Å². The van der Waals surface area contributed by atoms with Crippen LogP contribution in [0.15, 0.2) is 0 Å². The van der Waals surface area contributed by atoms with E-state index < -0.39 is 6.23 Å². The summed E-state index contributed by atoms with van der Waals surface area (Å²) in [6, 6.07) is 0. The number of nitrogens with two attached hydrogens (primary N) is 2. The Balaban J connectivity index is 0. The van der Waals surface area contributed by atoms with Crippen molar-refractivity contribution in [3.63, 3.8) is 0 Å². The Labute approximate surface area is 104 Å². The van der Waals surface area contributed by atoms with Crippen molar-refractivity contribution in [1.29, 1.82) is 0 Å². The van der Waals surface area contributed by atoms with Crippen molar-refractivity contribution >= 4 is 0 Å². The Kier molecular flexibility index (Phi) is 20.3. The molecule has 7 heteroatoms. The third-order valence-electron chi connectivity index (χ3n) is 1.67. The monoisotopic (exact) mass is 251 g/mol. The Morgan fingerprint density at radius 1 is 0.941 bits per heavy atom. The zero-order valence-electron chi connectivity index (χ0n) is 10.8. The second-order valence-electron chi connectivity index (χ2n) is 3.43. The SMILES string of the molecule is CC(O)NCCNCCN.NCCNCCO. The number of rotatable bonds is 10. The molecule has 7 nitrogen and oxygen atoms in total. The van der Waals surface area contributed by atoms with Crippen molar-refractivity contribution in [3.8, 4) is 0 Å². The molecule has 0 aliphatic heterocycles. The molecule has 0 aromatic heterocycles. The van der Waals surface area contributed by atoms with Crippen molar-refractivity contribution in [2.24, 2.45) is 11.5 Å². The first-order chi connectivity index (χ1) is 8.18. The van der Waals surface area contributed by atoms with Crippen LogP contribution in [0.1, 0.15) is 6.92 Å². The van der Waals surface area contributed by atoms with E-state index >= 15 is 0 Å². The summed E-state index contributed by atoms with van der Waals surface area (Å²) < 4.78 is 0. The second kappa shape index (κ2) is 18.1. The number of aliphatic hydroxyl groups is 2. The largest absolute Gasteiger partial charge is 0.395 e. The Hall–Kier alpha value is -0.280. The molecule has 0 saturated heterocycles. The van der Waals surface area contributed by atoms with Crippen LogP contribution < -0.4 is 27.4 Å². The fourth-order valence-corrected chi connectivity index (χ4v) is 0.903. The molecule has 0 spiro atoms. The van der Waals surface area contributed by atoms with Gasteiger partial charge in [-0.3, -0.25) is 5.32 Å². The van der Waals surface area contributed by atoms with Crippen LogP contribution >= 0.6 is 0 Å². The van der Waals surface area contributed by atoms with E-state index in [2.05, 4.69) is 16.0 Å². The molecule has 0 heterocycles. The molecule has 0 aliphatic carbocycles. The maximum Gasteiger partial charge on any atom is 0.102 e. The second-order valence-corrected chi connectivity index (χ2v) is 3.43. The number of aliphatic hydroxyl groups excluding tert-OH is 2. The van der Waals surface area contributed by atoms with Gasteiger partial charge in [0.15, 0.2) is 0 Å². The molecule has 1 unspecified atom stereocenters. The van der Waals surface area contributed by atoms with E-state index in [0.29, 0.717) is 19.6 Å². The van der Waals surface area contributed by atoms with Crippen molar-refractivity contribution in [1.82, 2.24) is 16.0 Å². The minimum absolute atomic E-state index is 0.194. The van der Waals surface area contributed by atoms with Crippen LogP contribution in [-0.4, -0.2) is 68.9 Å². The van der Waals surface area contributed by atoms with Crippen molar-refractivity contribution in [3.05, 3.63) is 0 Å². The zero-order valence-corrected chi connectivity index (χ0v) is 10.8. The Morgan fingerprint density at radius 2 is 1.47 bits per heavy atom. The average Bonchev–Trinajstić information content (AvgIpc) is 2.30. The van der Waals surface area contributed by atoms with E-state index in [1.54, 1.807) is 6.92 Å². The van der Waals surface area contributed by atoms with Crippen molar-refractivity contribution in [2.75, 3.05) is 52.4 Å². The van der Waals surface area contributed by atoms with E-state index in [9.17, 15) is 0 Å². The van der Waals surface area contributed by atoms with E-state index in [-0.39, 0.29) is 6.61 Å². The predicted octanol–water partition coefficient (Wildman–Crippen LogP) is -3.01.